The van der Waals surface area contributed by atoms with Crippen LogP contribution in [0.3, 0.4) is 0 Å². The predicted molar refractivity (Wildman–Crippen MR) is 128 cm³/mol. The van der Waals surface area contributed by atoms with Crippen LogP contribution >= 0.6 is 0 Å². The standard InChI is InChI=1S/C25H38N4O4/c1-3-4-5-6-7-8-9-10-11-12-13-18-31-24-20(2)23-28-33-25(29(23)27-24)26-22-16-14-21(15-17-22)19-32-30/h14-17,28,30H,3-13,18-19H2,1-2H3. The molecule has 2 aromatic heterocycles. The van der Waals surface area contributed by atoms with Crippen molar-refractivity contribution in [2.24, 2.45) is 4.99 Å². The third-order valence-electron chi connectivity index (χ3n) is 5.88. The zero-order chi connectivity index (χ0) is 23.3. The highest BCUT2D eigenvalue weighted by Gasteiger charge is 2.14. The summed E-state index contributed by atoms with van der Waals surface area (Å²) >= 11 is 0. The van der Waals surface area contributed by atoms with Crippen molar-refractivity contribution in [1.29, 1.82) is 0 Å². The van der Waals surface area contributed by atoms with E-state index in [1.807, 2.05) is 31.2 Å². The van der Waals surface area contributed by atoms with E-state index in [1.165, 1.54) is 64.2 Å². The monoisotopic (exact) mass is 458 g/mol. The molecule has 0 fully saturated rings. The van der Waals surface area contributed by atoms with Gasteiger partial charge in [0.15, 0.2) is 5.65 Å². The van der Waals surface area contributed by atoms with E-state index in [9.17, 15) is 0 Å². The fourth-order valence-corrected chi connectivity index (χ4v) is 3.87. The molecule has 8 nitrogen and oxygen atoms in total. The first-order chi connectivity index (χ1) is 16.2. The van der Waals surface area contributed by atoms with Gasteiger partial charge in [0, 0.05) is 0 Å². The molecule has 0 saturated heterocycles. The van der Waals surface area contributed by atoms with Crippen LogP contribution in [0.5, 0.6) is 5.88 Å². The lowest BCUT2D eigenvalue weighted by molar-refractivity contribution is -0.253. The zero-order valence-corrected chi connectivity index (χ0v) is 20.0. The van der Waals surface area contributed by atoms with Crippen molar-refractivity contribution >= 4 is 11.3 Å². The Kier molecular flexibility index (Phi) is 10.5. The van der Waals surface area contributed by atoms with Gasteiger partial charge in [0.25, 0.3) is 0 Å². The topological polar surface area (TPSA) is 97.3 Å². The summed E-state index contributed by atoms with van der Waals surface area (Å²) in [4.78, 5) is 8.64. The first-order valence-corrected chi connectivity index (χ1v) is 12.3. The molecule has 3 aromatic rings. The molecule has 0 aliphatic carbocycles. The quantitative estimate of drug-likeness (QED) is 0.145. The molecule has 0 spiro atoms. The van der Waals surface area contributed by atoms with Crippen molar-refractivity contribution in [3.05, 3.63) is 41.1 Å². The van der Waals surface area contributed by atoms with Gasteiger partial charge < -0.3 is 9.26 Å². The number of unbranched alkanes of at least 4 members (excludes halogenated alkanes) is 10. The molecular weight excluding hydrogens is 420 g/mol. The molecule has 182 valence electrons. The van der Waals surface area contributed by atoms with E-state index in [0.29, 0.717) is 23.9 Å². The minimum absolute atomic E-state index is 0.136. The summed E-state index contributed by atoms with van der Waals surface area (Å²) in [6, 6.07) is 7.30. The lowest BCUT2D eigenvalue weighted by Gasteiger charge is -2.04. The molecule has 2 N–H and O–H groups in total. The Balaban J connectivity index is 1.42. The minimum Gasteiger partial charge on any atom is -0.476 e. The highest BCUT2D eigenvalue weighted by Crippen LogP contribution is 2.20. The summed E-state index contributed by atoms with van der Waals surface area (Å²) < 4.78 is 13.0. The number of aromatic nitrogens is 3. The number of hydrogen-bond donors (Lipinski definition) is 2. The van der Waals surface area contributed by atoms with E-state index in [1.54, 1.807) is 4.52 Å². The molecule has 0 aliphatic rings. The van der Waals surface area contributed by atoms with Crippen molar-refractivity contribution in [2.45, 2.75) is 91.1 Å². The molecule has 0 amide bonds. The molecule has 0 radical (unpaired) electrons. The van der Waals surface area contributed by atoms with Gasteiger partial charge >= 0.3 is 5.68 Å². The first-order valence-electron chi connectivity index (χ1n) is 12.3. The van der Waals surface area contributed by atoms with E-state index in [4.69, 9.17) is 14.5 Å². The summed E-state index contributed by atoms with van der Waals surface area (Å²) in [7, 11) is 0. The molecule has 0 bridgehead atoms. The van der Waals surface area contributed by atoms with Gasteiger partial charge in [-0.25, -0.2) is 4.89 Å². The van der Waals surface area contributed by atoms with Crippen LogP contribution in [-0.4, -0.2) is 26.6 Å². The number of hydrogen-bond acceptors (Lipinski definition) is 6. The summed E-state index contributed by atoms with van der Waals surface area (Å²) in [6.07, 6.45) is 14.4. The number of nitrogens with zero attached hydrogens (tertiary/aromatic N) is 3. The number of fused-ring (bicyclic) bond motifs is 1. The highest BCUT2D eigenvalue weighted by atomic mass is 17.1. The van der Waals surface area contributed by atoms with Gasteiger partial charge in [-0.15, -0.1) is 5.10 Å². The van der Waals surface area contributed by atoms with E-state index in [0.717, 1.165) is 23.2 Å². The molecule has 0 saturated carbocycles. The molecule has 8 heteroatoms. The summed E-state index contributed by atoms with van der Waals surface area (Å²) in [5.74, 6) is 0.607. The molecule has 0 unspecified atom stereocenters. The second-order valence-corrected chi connectivity index (χ2v) is 8.61. The van der Waals surface area contributed by atoms with Crippen molar-refractivity contribution in [1.82, 2.24) is 14.8 Å². The minimum atomic E-state index is 0.136. The fraction of sp³-hybridized carbons (Fsp3) is 0.600. The third kappa shape index (κ3) is 7.75. The van der Waals surface area contributed by atoms with Gasteiger partial charge in [-0.3, -0.25) is 5.26 Å². The van der Waals surface area contributed by atoms with Crippen molar-refractivity contribution in [3.8, 4) is 5.88 Å². The lowest BCUT2D eigenvalue weighted by Crippen LogP contribution is -2.09. The Morgan fingerprint density at radius 3 is 2.24 bits per heavy atom. The molecule has 3 rings (SSSR count). The molecule has 33 heavy (non-hydrogen) atoms. The van der Waals surface area contributed by atoms with E-state index >= 15 is 0 Å². The second-order valence-electron chi connectivity index (χ2n) is 8.61. The van der Waals surface area contributed by atoms with Crippen molar-refractivity contribution in [2.75, 3.05) is 6.61 Å². The van der Waals surface area contributed by atoms with E-state index < -0.39 is 0 Å². The maximum absolute atomic E-state index is 8.54. The molecule has 0 atom stereocenters. The second kappa shape index (κ2) is 13.9. The van der Waals surface area contributed by atoms with Crippen molar-refractivity contribution < 1.29 is 19.4 Å². The number of aryl methyl sites for hydroxylation is 1. The van der Waals surface area contributed by atoms with Gasteiger partial charge in [0.1, 0.15) is 6.61 Å². The van der Waals surface area contributed by atoms with Crippen LogP contribution in [-0.2, 0) is 11.5 Å². The van der Waals surface area contributed by atoms with Crippen LogP contribution in [0.15, 0.2) is 33.8 Å². The van der Waals surface area contributed by atoms with Gasteiger partial charge in [-0.1, -0.05) is 83.3 Å². The fourth-order valence-electron chi connectivity index (χ4n) is 3.87. The molecule has 0 aliphatic heterocycles. The molecule has 2 heterocycles. The van der Waals surface area contributed by atoms with Crippen LogP contribution in [0, 0.1) is 6.92 Å². The van der Waals surface area contributed by atoms with Crippen LogP contribution in [0.1, 0.15) is 88.7 Å². The maximum Gasteiger partial charge on any atom is 0.346 e. The first kappa shape index (κ1) is 25.1. The average Bonchev–Trinajstić information content (AvgIpc) is 3.36. The van der Waals surface area contributed by atoms with Gasteiger partial charge in [-0.2, -0.15) is 14.7 Å². The summed E-state index contributed by atoms with van der Waals surface area (Å²) in [5.41, 5.74) is 3.52. The van der Waals surface area contributed by atoms with E-state index in [2.05, 4.69) is 27.1 Å². The number of rotatable bonds is 16. The number of ether oxygens (including phenoxy) is 1. The number of H-pyrrole nitrogens is 1. The Hall–Kier alpha value is -2.58. The van der Waals surface area contributed by atoms with Gasteiger partial charge in [0.05, 0.1) is 17.9 Å². The molecular formula is C25H38N4O4. The summed E-state index contributed by atoms with van der Waals surface area (Å²) in [5, 5.41) is 15.9. The smallest absolute Gasteiger partial charge is 0.346 e. The van der Waals surface area contributed by atoms with Crippen LogP contribution in [0.2, 0.25) is 0 Å². The Morgan fingerprint density at radius 2 is 1.61 bits per heavy atom. The molecule has 1 aromatic carbocycles. The Morgan fingerprint density at radius 1 is 0.970 bits per heavy atom. The zero-order valence-electron chi connectivity index (χ0n) is 20.0. The average molecular weight is 459 g/mol. The Labute approximate surface area is 195 Å². The highest BCUT2D eigenvalue weighted by molar-refractivity contribution is 5.50. The number of benzene rings is 1. The maximum atomic E-state index is 8.54. The number of aromatic amines is 1. The third-order valence-corrected chi connectivity index (χ3v) is 5.88. The van der Waals surface area contributed by atoms with E-state index in [-0.39, 0.29) is 6.61 Å². The van der Waals surface area contributed by atoms with Gasteiger partial charge in [0.2, 0.25) is 5.88 Å². The largest absolute Gasteiger partial charge is 0.476 e. The number of nitrogens with one attached hydrogen (secondary N) is 1. The van der Waals surface area contributed by atoms with Gasteiger partial charge in [-0.05, 0) is 31.0 Å². The predicted octanol–water partition coefficient (Wildman–Crippen LogP) is 6.48. The van der Waals surface area contributed by atoms with Crippen LogP contribution < -0.4 is 10.4 Å². The Bertz CT molecular complexity index is 1000. The SMILES string of the molecule is CCCCCCCCCCCCCOc1nn2c(=Nc3ccc(COO)cc3)o[nH]c2c1C. The summed E-state index contributed by atoms with van der Waals surface area (Å²) in [6.45, 7) is 5.02. The van der Waals surface area contributed by atoms with Crippen LogP contribution in [0.25, 0.3) is 5.65 Å². The van der Waals surface area contributed by atoms with Crippen LogP contribution in [0.4, 0.5) is 5.69 Å². The normalized spacial score (nSPS) is 12.2. The lowest BCUT2D eigenvalue weighted by atomic mass is 10.1. The van der Waals surface area contributed by atoms with Crippen molar-refractivity contribution in [3.63, 3.8) is 0 Å².